The fourth-order valence-corrected chi connectivity index (χ4v) is 1.65. The summed E-state index contributed by atoms with van der Waals surface area (Å²) in [4.78, 5) is 12.5. The number of primary amides is 1. The van der Waals surface area contributed by atoms with Gasteiger partial charge in [0.1, 0.15) is 0 Å². The third-order valence-electron chi connectivity index (χ3n) is 2.42. The molecule has 1 aliphatic heterocycles. The summed E-state index contributed by atoms with van der Waals surface area (Å²) in [6.45, 7) is 2.69. The summed E-state index contributed by atoms with van der Waals surface area (Å²) in [5, 5.41) is 3.15. The fourth-order valence-electron chi connectivity index (χ4n) is 1.65. The minimum atomic E-state index is -0.280. The smallest absolute Gasteiger partial charge is 0.314 e. The predicted molar refractivity (Wildman–Crippen MR) is 47.8 cm³/mol. The summed E-state index contributed by atoms with van der Waals surface area (Å²) >= 11 is 0. The molecule has 1 fully saturated rings. The van der Waals surface area contributed by atoms with E-state index in [1.165, 1.54) is 0 Å². The van der Waals surface area contributed by atoms with Crippen LogP contribution in [0.15, 0.2) is 0 Å². The number of rotatable bonds is 2. The van der Waals surface area contributed by atoms with E-state index in [1.807, 2.05) is 7.05 Å². The van der Waals surface area contributed by atoms with Gasteiger partial charge in [-0.3, -0.25) is 0 Å². The van der Waals surface area contributed by atoms with Crippen molar-refractivity contribution in [2.24, 2.45) is 11.7 Å². The largest absolute Gasteiger partial charge is 0.351 e. The van der Waals surface area contributed by atoms with Crippen molar-refractivity contribution in [3.8, 4) is 0 Å². The second-order valence-corrected chi connectivity index (χ2v) is 3.33. The predicted octanol–water partition coefficient (Wildman–Crippen LogP) is -0.00350. The second kappa shape index (κ2) is 4.30. The number of hydrogen-bond donors (Lipinski definition) is 2. The Labute approximate surface area is 73.1 Å². The highest BCUT2D eigenvalue weighted by molar-refractivity contribution is 5.72. The average Bonchev–Trinajstić information content (AvgIpc) is 2.06. The normalized spacial score (nSPS) is 19.6. The first-order valence-electron chi connectivity index (χ1n) is 4.43. The Morgan fingerprint density at radius 3 is 2.58 bits per heavy atom. The molecule has 0 spiro atoms. The van der Waals surface area contributed by atoms with Gasteiger partial charge in [-0.2, -0.15) is 0 Å². The molecule has 0 radical (unpaired) electrons. The van der Waals surface area contributed by atoms with E-state index in [1.54, 1.807) is 4.90 Å². The molecule has 2 amide bonds. The molecule has 1 rings (SSSR count). The average molecular weight is 171 g/mol. The van der Waals surface area contributed by atoms with E-state index >= 15 is 0 Å². The SMILES string of the molecule is CNCC1CCN(C(N)=O)CC1. The lowest BCUT2D eigenvalue weighted by molar-refractivity contribution is 0.178. The number of carbonyl (C=O) groups excluding carboxylic acids is 1. The third-order valence-corrected chi connectivity index (χ3v) is 2.42. The van der Waals surface area contributed by atoms with Crippen molar-refractivity contribution in [3.63, 3.8) is 0 Å². The number of piperidine rings is 1. The minimum absolute atomic E-state index is 0.280. The molecule has 0 atom stereocenters. The van der Waals surface area contributed by atoms with E-state index in [0.29, 0.717) is 5.92 Å². The number of nitrogens with zero attached hydrogens (tertiary/aromatic N) is 1. The number of nitrogens with two attached hydrogens (primary N) is 1. The summed E-state index contributed by atoms with van der Waals surface area (Å²) in [5.74, 6) is 0.714. The molecule has 1 aliphatic rings. The Kier molecular flexibility index (Phi) is 3.34. The van der Waals surface area contributed by atoms with Gasteiger partial charge < -0.3 is 16.0 Å². The van der Waals surface area contributed by atoms with E-state index in [-0.39, 0.29) is 6.03 Å². The number of nitrogens with one attached hydrogen (secondary N) is 1. The van der Waals surface area contributed by atoms with Crippen LogP contribution in [0.1, 0.15) is 12.8 Å². The van der Waals surface area contributed by atoms with Gasteiger partial charge in [0.25, 0.3) is 0 Å². The Morgan fingerprint density at radius 1 is 1.58 bits per heavy atom. The number of urea groups is 1. The lowest BCUT2D eigenvalue weighted by Gasteiger charge is -2.30. The molecule has 4 heteroatoms. The molecule has 0 aromatic carbocycles. The van der Waals surface area contributed by atoms with Gasteiger partial charge in [-0.25, -0.2) is 4.79 Å². The van der Waals surface area contributed by atoms with Crippen LogP contribution in [0, 0.1) is 5.92 Å². The maximum absolute atomic E-state index is 10.8. The van der Waals surface area contributed by atoms with Gasteiger partial charge in [-0.05, 0) is 32.4 Å². The molecule has 70 valence electrons. The molecule has 0 aliphatic carbocycles. The monoisotopic (exact) mass is 171 g/mol. The van der Waals surface area contributed by atoms with Crippen molar-refractivity contribution >= 4 is 6.03 Å². The van der Waals surface area contributed by atoms with Crippen LogP contribution in [-0.4, -0.2) is 37.6 Å². The van der Waals surface area contributed by atoms with E-state index in [2.05, 4.69) is 5.32 Å². The first kappa shape index (κ1) is 9.32. The molecular weight excluding hydrogens is 154 g/mol. The molecule has 0 aromatic rings. The zero-order valence-corrected chi connectivity index (χ0v) is 7.55. The van der Waals surface area contributed by atoms with E-state index in [4.69, 9.17) is 5.73 Å². The molecule has 0 aromatic heterocycles. The zero-order valence-electron chi connectivity index (χ0n) is 7.55. The first-order chi connectivity index (χ1) is 5.74. The van der Waals surface area contributed by atoms with Crippen LogP contribution in [0.25, 0.3) is 0 Å². The molecule has 1 heterocycles. The molecular formula is C8H17N3O. The van der Waals surface area contributed by atoms with Gasteiger partial charge in [0.15, 0.2) is 0 Å². The Bertz CT molecular complexity index is 152. The van der Waals surface area contributed by atoms with E-state index < -0.39 is 0 Å². The fraction of sp³-hybridized carbons (Fsp3) is 0.875. The number of amides is 2. The van der Waals surface area contributed by atoms with E-state index in [0.717, 1.165) is 32.5 Å². The van der Waals surface area contributed by atoms with Crippen molar-refractivity contribution in [3.05, 3.63) is 0 Å². The summed E-state index contributed by atoms with van der Waals surface area (Å²) in [7, 11) is 1.96. The van der Waals surface area contributed by atoms with Crippen LogP contribution >= 0.6 is 0 Å². The summed E-state index contributed by atoms with van der Waals surface area (Å²) in [6.07, 6.45) is 2.15. The second-order valence-electron chi connectivity index (χ2n) is 3.33. The number of likely N-dealkylation sites (tertiary alicyclic amines) is 1. The summed E-state index contributed by atoms with van der Waals surface area (Å²) < 4.78 is 0. The van der Waals surface area contributed by atoms with Gasteiger partial charge in [0.2, 0.25) is 0 Å². The van der Waals surface area contributed by atoms with Gasteiger partial charge in [-0.1, -0.05) is 0 Å². The number of carbonyl (C=O) groups is 1. The van der Waals surface area contributed by atoms with Gasteiger partial charge in [-0.15, -0.1) is 0 Å². The van der Waals surface area contributed by atoms with E-state index in [9.17, 15) is 4.79 Å². The standard InChI is InChI=1S/C8H17N3O/c1-10-6-7-2-4-11(5-3-7)8(9)12/h7,10H,2-6H2,1H3,(H2,9,12). The summed E-state index contributed by atoms with van der Waals surface area (Å²) in [6, 6.07) is -0.280. The van der Waals surface area contributed by atoms with Gasteiger partial charge in [0.05, 0.1) is 0 Å². The van der Waals surface area contributed by atoms with Gasteiger partial charge in [0, 0.05) is 13.1 Å². The number of hydrogen-bond acceptors (Lipinski definition) is 2. The topological polar surface area (TPSA) is 58.4 Å². The van der Waals surface area contributed by atoms with Crippen molar-refractivity contribution in [2.45, 2.75) is 12.8 Å². The van der Waals surface area contributed by atoms with Crippen molar-refractivity contribution in [1.82, 2.24) is 10.2 Å². The highest BCUT2D eigenvalue weighted by Crippen LogP contribution is 2.15. The molecule has 0 unspecified atom stereocenters. The van der Waals surface area contributed by atoms with Crippen LogP contribution in [0.4, 0.5) is 4.79 Å². The molecule has 4 nitrogen and oxygen atoms in total. The first-order valence-corrected chi connectivity index (χ1v) is 4.43. The van der Waals surface area contributed by atoms with Crippen LogP contribution in [0.3, 0.4) is 0 Å². The lowest BCUT2D eigenvalue weighted by Crippen LogP contribution is -2.43. The van der Waals surface area contributed by atoms with Crippen LogP contribution < -0.4 is 11.1 Å². The third kappa shape index (κ3) is 2.37. The Balaban J connectivity index is 2.25. The highest BCUT2D eigenvalue weighted by atomic mass is 16.2. The van der Waals surface area contributed by atoms with Crippen molar-refractivity contribution < 1.29 is 4.79 Å². The maximum Gasteiger partial charge on any atom is 0.314 e. The quantitative estimate of drug-likeness (QED) is 0.614. The van der Waals surface area contributed by atoms with Crippen molar-refractivity contribution in [1.29, 1.82) is 0 Å². The molecule has 0 bridgehead atoms. The van der Waals surface area contributed by atoms with Crippen LogP contribution in [-0.2, 0) is 0 Å². The van der Waals surface area contributed by atoms with Crippen LogP contribution in [0.5, 0.6) is 0 Å². The molecule has 0 saturated carbocycles. The molecule has 12 heavy (non-hydrogen) atoms. The Morgan fingerprint density at radius 2 is 2.17 bits per heavy atom. The zero-order chi connectivity index (χ0) is 8.97. The van der Waals surface area contributed by atoms with Crippen molar-refractivity contribution in [2.75, 3.05) is 26.7 Å². The molecule has 1 saturated heterocycles. The molecule has 3 N–H and O–H groups in total. The Hall–Kier alpha value is -0.770. The van der Waals surface area contributed by atoms with Gasteiger partial charge >= 0.3 is 6.03 Å². The summed E-state index contributed by atoms with van der Waals surface area (Å²) in [5.41, 5.74) is 5.16. The minimum Gasteiger partial charge on any atom is -0.351 e. The van der Waals surface area contributed by atoms with Crippen LogP contribution in [0.2, 0.25) is 0 Å². The lowest BCUT2D eigenvalue weighted by atomic mass is 9.97. The maximum atomic E-state index is 10.8. The highest BCUT2D eigenvalue weighted by Gasteiger charge is 2.20.